The molecule has 0 radical (unpaired) electrons. The van der Waals surface area contributed by atoms with Crippen LogP contribution in [0.5, 0.6) is 11.5 Å². The van der Waals surface area contributed by atoms with Crippen LogP contribution in [0.3, 0.4) is 0 Å². The molecule has 0 aromatic heterocycles. The third-order valence-electron chi connectivity index (χ3n) is 2.76. The van der Waals surface area contributed by atoms with Crippen molar-refractivity contribution in [2.75, 3.05) is 19.8 Å². The van der Waals surface area contributed by atoms with E-state index >= 15 is 0 Å². The first kappa shape index (κ1) is 14.4. The molecule has 106 valence electrons. The molecule has 0 aliphatic rings. The number of rotatable bonds is 4. The van der Waals surface area contributed by atoms with Crippen LogP contribution in [-0.4, -0.2) is 26.8 Å². The fraction of sp³-hybridized carbons (Fsp3) is 0.143. The first-order valence-corrected chi connectivity index (χ1v) is 7.41. The Morgan fingerprint density at radius 3 is 2.25 bits per heavy atom. The van der Waals surface area contributed by atoms with Crippen LogP contribution in [0.15, 0.2) is 53.4 Å². The van der Waals surface area contributed by atoms with Gasteiger partial charge in [-0.1, -0.05) is 24.3 Å². The van der Waals surface area contributed by atoms with E-state index in [-0.39, 0.29) is 10.6 Å². The minimum Gasteiger partial charge on any atom is -0.455 e. The molecule has 2 aromatic rings. The molecule has 2 rings (SSSR count). The van der Waals surface area contributed by atoms with Gasteiger partial charge in [0.05, 0.1) is 5.69 Å². The molecule has 0 atom stereocenters. The summed E-state index contributed by atoms with van der Waals surface area (Å²) in [5.74, 6) is 0.915. The summed E-state index contributed by atoms with van der Waals surface area (Å²) < 4.78 is 31.0. The maximum atomic E-state index is 12.1. The number of sulfonamides is 1. The van der Waals surface area contributed by atoms with Crippen LogP contribution >= 0.6 is 0 Å². The van der Waals surface area contributed by atoms with Crippen molar-refractivity contribution in [3.05, 3.63) is 48.5 Å². The Morgan fingerprint density at radius 2 is 1.65 bits per heavy atom. The monoisotopic (exact) mass is 292 g/mol. The van der Waals surface area contributed by atoms with Gasteiger partial charge in [0.2, 0.25) is 10.0 Å². The Balaban J connectivity index is 2.43. The molecule has 0 saturated carbocycles. The van der Waals surface area contributed by atoms with Gasteiger partial charge in [-0.15, -0.1) is 0 Å². The number of para-hydroxylation sites is 2. The van der Waals surface area contributed by atoms with Crippen LogP contribution in [-0.2, 0) is 10.0 Å². The van der Waals surface area contributed by atoms with Crippen molar-refractivity contribution in [2.24, 2.45) is 0 Å². The third-order valence-corrected chi connectivity index (χ3v) is 4.63. The molecule has 0 aliphatic heterocycles. The van der Waals surface area contributed by atoms with Crippen molar-refractivity contribution in [1.82, 2.24) is 4.31 Å². The van der Waals surface area contributed by atoms with E-state index in [1.54, 1.807) is 24.3 Å². The molecule has 0 bridgehead atoms. The lowest BCUT2D eigenvalue weighted by molar-refractivity contribution is 0.482. The standard InChI is InChI=1S/C14H16N2O3S/c1-16(2)20(17,18)13-10-6-9-12(14(13)15)19-11-7-4-3-5-8-11/h3-10H,15H2,1-2H3. The number of hydrogen-bond acceptors (Lipinski definition) is 4. The van der Waals surface area contributed by atoms with Gasteiger partial charge in [0, 0.05) is 14.1 Å². The van der Waals surface area contributed by atoms with Crippen LogP contribution < -0.4 is 10.5 Å². The Labute approximate surface area is 118 Å². The van der Waals surface area contributed by atoms with Gasteiger partial charge >= 0.3 is 0 Å². The van der Waals surface area contributed by atoms with Gasteiger partial charge < -0.3 is 10.5 Å². The van der Waals surface area contributed by atoms with Crippen LogP contribution in [0.1, 0.15) is 0 Å². The van der Waals surface area contributed by atoms with E-state index < -0.39 is 10.0 Å². The molecular weight excluding hydrogens is 276 g/mol. The highest BCUT2D eigenvalue weighted by atomic mass is 32.2. The Bertz CT molecular complexity index is 698. The highest BCUT2D eigenvalue weighted by Gasteiger charge is 2.22. The van der Waals surface area contributed by atoms with Crippen molar-refractivity contribution in [3.8, 4) is 11.5 Å². The molecule has 0 aliphatic carbocycles. The van der Waals surface area contributed by atoms with Gasteiger partial charge in [0.15, 0.2) is 5.75 Å². The van der Waals surface area contributed by atoms with Gasteiger partial charge in [0.1, 0.15) is 10.6 Å². The molecule has 0 heterocycles. The van der Waals surface area contributed by atoms with E-state index in [1.165, 1.54) is 20.2 Å². The molecule has 20 heavy (non-hydrogen) atoms. The first-order chi connectivity index (χ1) is 9.43. The summed E-state index contributed by atoms with van der Waals surface area (Å²) in [6, 6.07) is 13.8. The number of nitrogens with zero attached hydrogens (tertiary/aromatic N) is 1. The van der Waals surface area contributed by atoms with Crippen molar-refractivity contribution in [2.45, 2.75) is 4.90 Å². The number of ether oxygens (including phenoxy) is 1. The minimum atomic E-state index is -3.59. The summed E-state index contributed by atoms with van der Waals surface area (Å²) in [6.07, 6.45) is 0. The average Bonchev–Trinajstić information content (AvgIpc) is 2.42. The zero-order chi connectivity index (χ0) is 14.8. The lowest BCUT2D eigenvalue weighted by atomic mass is 10.3. The summed E-state index contributed by atoms with van der Waals surface area (Å²) in [7, 11) is -0.678. The predicted molar refractivity (Wildman–Crippen MR) is 78.2 cm³/mol. The van der Waals surface area contributed by atoms with Crippen molar-refractivity contribution < 1.29 is 13.2 Å². The lowest BCUT2D eigenvalue weighted by Gasteiger charge is -2.15. The number of nitrogens with two attached hydrogens (primary N) is 1. The summed E-state index contributed by atoms with van der Waals surface area (Å²) in [5, 5.41) is 0. The quantitative estimate of drug-likeness (QED) is 0.878. The van der Waals surface area contributed by atoms with Gasteiger partial charge in [-0.2, -0.15) is 0 Å². The number of hydrogen-bond donors (Lipinski definition) is 1. The number of benzene rings is 2. The van der Waals surface area contributed by atoms with Crippen LogP contribution in [0.25, 0.3) is 0 Å². The second-order valence-electron chi connectivity index (χ2n) is 4.37. The number of nitrogen functional groups attached to an aromatic ring is 1. The highest BCUT2D eigenvalue weighted by Crippen LogP contribution is 2.33. The molecule has 5 nitrogen and oxygen atoms in total. The summed E-state index contributed by atoms with van der Waals surface area (Å²) >= 11 is 0. The normalized spacial score (nSPS) is 11.6. The molecule has 0 unspecified atom stereocenters. The fourth-order valence-electron chi connectivity index (χ4n) is 1.65. The SMILES string of the molecule is CN(C)S(=O)(=O)c1cccc(Oc2ccccc2)c1N. The van der Waals surface area contributed by atoms with Gasteiger partial charge in [-0.3, -0.25) is 0 Å². The molecule has 2 aromatic carbocycles. The third kappa shape index (κ3) is 2.76. The van der Waals surface area contributed by atoms with E-state index in [4.69, 9.17) is 10.5 Å². The fourth-order valence-corrected chi connectivity index (χ4v) is 2.67. The molecule has 0 saturated heterocycles. The average molecular weight is 292 g/mol. The smallest absolute Gasteiger partial charge is 0.244 e. The van der Waals surface area contributed by atoms with Gasteiger partial charge in [-0.25, -0.2) is 12.7 Å². The minimum absolute atomic E-state index is 0.0379. The van der Waals surface area contributed by atoms with E-state index in [2.05, 4.69) is 0 Å². The molecule has 0 fully saturated rings. The first-order valence-electron chi connectivity index (χ1n) is 5.97. The predicted octanol–water partition coefficient (Wildman–Crippen LogP) is 2.31. The number of anilines is 1. The van der Waals surface area contributed by atoms with Gasteiger partial charge in [-0.05, 0) is 24.3 Å². The molecule has 0 amide bonds. The molecule has 6 heteroatoms. The van der Waals surface area contributed by atoms with E-state index in [0.29, 0.717) is 11.5 Å². The van der Waals surface area contributed by atoms with Crippen LogP contribution in [0.4, 0.5) is 5.69 Å². The Morgan fingerprint density at radius 1 is 1.00 bits per heavy atom. The Hall–Kier alpha value is -2.05. The largest absolute Gasteiger partial charge is 0.455 e. The van der Waals surface area contributed by atoms with Gasteiger partial charge in [0.25, 0.3) is 0 Å². The van der Waals surface area contributed by atoms with Crippen LogP contribution in [0, 0.1) is 0 Å². The van der Waals surface area contributed by atoms with E-state index in [0.717, 1.165) is 4.31 Å². The van der Waals surface area contributed by atoms with Crippen molar-refractivity contribution in [1.29, 1.82) is 0 Å². The maximum Gasteiger partial charge on any atom is 0.244 e. The second-order valence-corrected chi connectivity index (χ2v) is 6.49. The van der Waals surface area contributed by atoms with Crippen molar-refractivity contribution >= 4 is 15.7 Å². The summed E-state index contributed by atoms with van der Waals surface area (Å²) in [4.78, 5) is 0.0379. The van der Waals surface area contributed by atoms with Crippen molar-refractivity contribution in [3.63, 3.8) is 0 Å². The Kier molecular flexibility index (Phi) is 3.96. The van der Waals surface area contributed by atoms with Crippen LogP contribution in [0.2, 0.25) is 0 Å². The molecular formula is C14H16N2O3S. The zero-order valence-electron chi connectivity index (χ0n) is 11.3. The lowest BCUT2D eigenvalue weighted by Crippen LogP contribution is -2.23. The highest BCUT2D eigenvalue weighted by molar-refractivity contribution is 7.89. The second kappa shape index (κ2) is 5.52. The zero-order valence-corrected chi connectivity index (χ0v) is 12.1. The maximum absolute atomic E-state index is 12.1. The topological polar surface area (TPSA) is 72.6 Å². The van der Waals surface area contributed by atoms with E-state index in [9.17, 15) is 8.42 Å². The summed E-state index contributed by atoms with van der Waals surface area (Å²) in [5.41, 5.74) is 6.03. The van der Waals surface area contributed by atoms with E-state index in [1.807, 2.05) is 18.2 Å². The summed E-state index contributed by atoms with van der Waals surface area (Å²) in [6.45, 7) is 0. The molecule has 0 spiro atoms. The molecule has 2 N–H and O–H groups in total.